The molecule has 0 saturated heterocycles. The van der Waals surface area contributed by atoms with Gasteiger partial charge in [0.2, 0.25) is 0 Å². The Morgan fingerprint density at radius 3 is 2.77 bits per heavy atom. The average Bonchev–Trinajstić information content (AvgIpc) is 2.19. The van der Waals surface area contributed by atoms with Crippen molar-refractivity contribution < 1.29 is 0 Å². The second-order valence-corrected chi connectivity index (χ2v) is 3.80. The van der Waals surface area contributed by atoms with Crippen molar-refractivity contribution in [2.75, 3.05) is 11.7 Å². The van der Waals surface area contributed by atoms with Crippen LogP contribution in [0.2, 0.25) is 0 Å². The summed E-state index contributed by atoms with van der Waals surface area (Å²) in [7, 11) is 0. The van der Waals surface area contributed by atoms with Gasteiger partial charge in [-0.2, -0.15) is 0 Å². The van der Waals surface area contributed by atoms with Crippen molar-refractivity contribution in [1.29, 1.82) is 0 Å². The Balaban J connectivity index is 2.93. The van der Waals surface area contributed by atoms with Crippen molar-refractivity contribution in [2.24, 2.45) is 5.84 Å². The molecular formula is C10H16N2S. The highest BCUT2D eigenvalue weighted by Crippen LogP contribution is 2.23. The summed E-state index contributed by atoms with van der Waals surface area (Å²) < 4.78 is 0. The van der Waals surface area contributed by atoms with Crippen LogP contribution < -0.4 is 11.3 Å². The predicted molar refractivity (Wildman–Crippen MR) is 60.0 cm³/mol. The van der Waals surface area contributed by atoms with Gasteiger partial charge in [0.1, 0.15) is 0 Å². The smallest absolute Gasteiger partial charge is 0.0528 e. The summed E-state index contributed by atoms with van der Waals surface area (Å²) in [6.07, 6.45) is 4.29. The van der Waals surface area contributed by atoms with Crippen molar-refractivity contribution in [2.45, 2.75) is 24.7 Å². The fourth-order valence-electron chi connectivity index (χ4n) is 1.30. The molecule has 0 bridgehead atoms. The van der Waals surface area contributed by atoms with Crippen molar-refractivity contribution in [3.05, 3.63) is 23.8 Å². The Bertz CT molecular complexity index is 274. The Morgan fingerprint density at radius 2 is 2.23 bits per heavy atom. The van der Waals surface area contributed by atoms with Gasteiger partial charge in [-0.25, -0.2) is 0 Å². The molecule has 0 heterocycles. The molecule has 1 rings (SSSR count). The predicted octanol–water partition coefficient (Wildman–Crippen LogP) is 2.65. The first kappa shape index (κ1) is 10.4. The minimum Gasteiger partial charge on any atom is -0.324 e. The van der Waals surface area contributed by atoms with Crippen LogP contribution in [-0.4, -0.2) is 6.26 Å². The molecule has 0 spiro atoms. The van der Waals surface area contributed by atoms with Crippen LogP contribution in [0.1, 0.15) is 18.9 Å². The van der Waals surface area contributed by atoms with E-state index in [0.29, 0.717) is 0 Å². The van der Waals surface area contributed by atoms with Crippen LogP contribution in [0.5, 0.6) is 0 Å². The van der Waals surface area contributed by atoms with Crippen LogP contribution >= 0.6 is 11.8 Å². The van der Waals surface area contributed by atoms with Gasteiger partial charge in [0.25, 0.3) is 0 Å². The Labute approximate surface area is 83.9 Å². The van der Waals surface area contributed by atoms with Gasteiger partial charge in [-0.05, 0) is 30.4 Å². The summed E-state index contributed by atoms with van der Waals surface area (Å²) in [6.45, 7) is 2.17. The summed E-state index contributed by atoms with van der Waals surface area (Å²) in [6, 6.07) is 6.37. The molecule has 3 N–H and O–H groups in total. The summed E-state index contributed by atoms with van der Waals surface area (Å²) >= 11 is 1.73. The molecule has 72 valence electrons. The number of hydrogen-bond donors (Lipinski definition) is 2. The molecule has 3 heteroatoms. The van der Waals surface area contributed by atoms with Crippen LogP contribution in [0.25, 0.3) is 0 Å². The largest absolute Gasteiger partial charge is 0.324 e. The minimum absolute atomic E-state index is 1.05. The summed E-state index contributed by atoms with van der Waals surface area (Å²) in [4.78, 5) is 1.24. The van der Waals surface area contributed by atoms with Crippen LogP contribution in [0.15, 0.2) is 23.1 Å². The van der Waals surface area contributed by atoms with E-state index in [-0.39, 0.29) is 0 Å². The average molecular weight is 196 g/mol. The Morgan fingerprint density at radius 1 is 1.46 bits per heavy atom. The third-order valence-electron chi connectivity index (χ3n) is 1.99. The van der Waals surface area contributed by atoms with Gasteiger partial charge in [-0.3, -0.25) is 5.84 Å². The fraction of sp³-hybridized carbons (Fsp3) is 0.400. The SMILES string of the molecule is CCCc1ccc(SC)cc1NN. The van der Waals surface area contributed by atoms with Gasteiger partial charge in [0.15, 0.2) is 0 Å². The number of thioether (sulfide) groups is 1. The van der Waals surface area contributed by atoms with Gasteiger partial charge in [0, 0.05) is 4.90 Å². The number of hydrazine groups is 1. The zero-order valence-electron chi connectivity index (χ0n) is 8.13. The monoisotopic (exact) mass is 196 g/mol. The van der Waals surface area contributed by atoms with Crippen molar-refractivity contribution in [1.82, 2.24) is 0 Å². The number of rotatable bonds is 4. The molecule has 0 aromatic heterocycles. The first-order chi connectivity index (χ1) is 6.31. The maximum atomic E-state index is 5.45. The summed E-state index contributed by atoms with van der Waals surface area (Å²) in [5.74, 6) is 5.45. The van der Waals surface area contributed by atoms with E-state index < -0.39 is 0 Å². The number of anilines is 1. The molecule has 0 atom stereocenters. The molecule has 0 aliphatic carbocycles. The highest BCUT2D eigenvalue weighted by Gasteiger charge is 2.00. The molecule has 0 radical (unpaired) electrons. The highest BCUT2D eigenvalue weighted by molar-refractivity contribution is 7.98. The van der Waals surface area contributed by atoms with Gasteiger partial charge >= 0.3 is 0 Å². The molecule has 0 aliphatic heterocycles. The molecule has 13 heavy (non-hydrogen) atoms. The van der Waals surface area contributed by atoms with Crippen molar-refractivity contribution >= 4 is 17.4 Å². The molecule has 1 aromatic rings. The molecule has 0 saturated carbocycles. The first-order valence-corrected chi connectivity index (χ1v) is 5.67. The fourth-order valence-corrected chi connectivity index (χ4v) is 1.74. The van der Waals surface area contributed by atoms with Gasteiger partial charge in [0.05, 0.1) is 5.69 Å². The molecule has 0 unspecified atom stereocenters. The molecule has 0 aliphatic rings. The number of benzene rings is 1. The molecule has 0 amide bonds. The normalized spacial score (nSPS) is 10.1. The lowest BCUT2D eigenvalue weighted by molar-refractivity contribution is 0.919. The quantitative estimate of drug-likeness (QED) is 0.442. The van der Waals surface area contributed by atoms with Crippen LogP contribution in [0, 0.1) is 0 Å². The van der Waals surface area contributed by atoms with E-state index in [2.05, 4.69) is 36.8 Å². The molecule has 0 fully saturated rings. The van der Waals surface area contributed by atoms with Crippen LogP contribution in [-0.2, 0) is 6.42 Å². The van der Waals surface area contributed by atoms with Gasteiger partial charge in [-0.15, -0.1) is 11.8 Å². The van der Waals surface area contributed by atoms with Crippen LogP contribution in [0.4, 0.5) is 5.69 Å². The topological polar surface area (TPSA) is 38.0 Å². The number of nitrogens with one attached hydrogen (secondary N) is 1. The second-order valence-electron chi connectivity index (χ2n) is 2.92. The Hall–Kier alpha value is -0.670. The van der Waals surface area contributed by atoms with Crippen molar-refractivity contribution in [3.8, 4) is 0 Å². The molecule has 1 aromatic carbocycles. The van der Waals surface area contributed by atoms with Crippen LogP contribution in [0.3, 0.4) is 0 Å². The van der Waals surface area contributed by atoms with E-state index in [1.807, 2.05) is 0 Å². The molecule has 2 nitrogen and oxygen atoms in total. The highest BCUT2D eigenvalue weighted by atomic mass is 32.2. The second kappa shape index (κ2) is 5.14. The van der Waals surface area contributed by atoms with Gasteiger partial charge in [-0.1, -0.05) is 19.4 Å². The maximum Gasteiger partial charge on any atom is 0.0528 e. The number of hydrogen-bond acceptors (Lipinski definition) is 3. The standard InChI is InChI=1S/C10H16N2S/c1-3-4-8-5-6-9(13-2)7-10(8)12-11/h5-7,12H,3-4,11H2,1-2H3. The zero-order valence-corrected chi connectivity index (χ0v) is 8.95. The minimum atomic E-state index is 1.05. The molecular weight excluding hydrogens is 180 g/mol. The number of nitrogens with two attached hydrogens (primary N) is 1. The maximum absolute atomic E-state index is 5.45. The van der Waals surface area contributed by atoms with Gasteiger partial charge < -0.3 is 5.43 Å². The third kappa shape index (κ3) is 2.64. The number of aryl methyl sites for hydroxylation is 1. The van der Waals surface area contributed by atoms with E-state index in [4.69, 9.17) is 5.84 Å². The lowest BCUT2D eigenvalue weighted by Crippen LogP contribution is -2.09. The Kier molecular flexibility index (Phi) is 4.12. The third-order valence-corrected chi connectivity index (χ3v) is 2.72. The lowest BCUT2D eigenvalue weighted by atomic mass is 10.1. The number of nitrogen functional groups attached to an aromatic ring is 1. The van der Waals surface area contributed by atoms with E-state index >= 15 is 0 Å². The lowest BCUT2D eigenvalue weighted by Gasteiger charge is -2.09. The zero-order chi connectivity index (χ0) is 9.68. The van der Waals surface area contributed by atoms with E-state index in [0.717, 1.165) is 18.5 Å². The summed E-state index contributed by atoms with van der Waals surface area (Å²) in [5, 5.41) is 0. The first-order valence-electron chi connectivity index (χ1n) is 4.45. The summed E-state index contributed by atoms with van der Waals surface area (Å²) in [5.41, 5.74) is 5.09. The van der Waals surface area contributed by atoms with E-state index in [1.54, 1.807) is 11.8 Å². The van der Waals surface area contributed by atoms with Crippen molar-refractivity contribution in [3.63, 3.8) is 0 Å². The van der Waals surface area contributed by atoms with E-state index in [9.17, 15) is 0 Å². The van der Waals surface area contributed by atoms with E-state index in [1.165, 1.54) is 10.5 Å².